The van der Waals surface area contributed by atoms with Crippen molar-refractivity contribution in [3.05, 3.63) is 53.9 Å². The van der Waals surface area contributed by atoms with Crippen LogP contribution < -0.4 is 0 Å². The Morgan fingerprint density at radius 3 is 2.79 bits per heavy atom. The third-order valence-electron chi connectivity index (χ3n) is 2.46. The van der Waals surface area contributed by atoms with Gasteiger partial charge in [-0.2, -0.15) is 10.4 Å². The molecule has 94 valence electrons. The van der Waals surface area contributed by atoms with E-state index < -0.39 is 5.97 Å². The van der Waals surface area contributed by atoms with Crippen molar-refractivity contribution in [3.63, 3.8) is 0 Å². The highest BCUT2D eigenvalue weighted by Gasteiger charge is 2.09. The van der Waals surface area contributed by atoms with Crippen LogP contribution in [0.25, 0.3) is 11.8 Å². The Kier molecular flexibility index (Phi) is 3.74. The van der Waals surface area contributed by atoms with E-state index in [1.807, 2.05) is 30.3 Å². The van der Waals surface area contributed by atoms with E-state index in [4.69, 9.17) is 5.26 Å². The van der Waals surface area contributed by atoms with Gasteiger partial charge in [0.2, 0.25) is 0 Å². The molecule has 1 heterocycles. The Morgan fingerprint density at radius 1 is 1.42 bits per heavy atom. The zero-order valence-corrected chi connectivity index (χ0v) is 10.3. The van der Waals surface area contributed by atoms with Crippen LogP contribution in [0.15, 0.2) is 48.3 Å². The number of nitriles is 1. The maximum Gasteiger partial charge on any atom is 0.348 e. The van der Waals surface area contributed by atoms with E-state index in [1.165, 1.54) is 13.2 Å². The molecule has 0 aliphatic rings. The topological polar surface area (TPSA) is 67.9 Å². The summed E-state index contributed by atoms with van der Waals surface area (Å²) in [6.45, 7) is 0. The van der Waals surface area contributed by atoms with Crippen molar-refractivity contribution < 1.29 is 9.53 Å². The number of ether oxygens (including phenoxy) is 1. The summed E-state index contributed by atoms with van der Waals surface area (Å²) in [5.74, 6) is -0.657. The average Bonchev–Trinajstić information content (AvgIpc) is 2.93. The second-order valence-electron chi connectivity index (χ2n) is 3.72. The van der Waals surface area contributed by atoms with Gasteiger partial charge >= 0.3 is 5.97 Å². The lowest BCUT2D eigenvalue weighted by Gasteiger charge is -1.98. The summed E-state index contributed by atoms with van der Waals surface area (Å²) in [6, 6.07) is 11.3. The standard InChI is InChI=1S/C14H11N3O2/c1-19-14(18)12(8-15)7-11-9-16-17(10-11)13-5-3-2-4-6-13/h2-7,9-10H,1H3/b12-7+. The van der Waals surface area contributed by atoms with Crippen LogP contribution in [0.4, 0.5) is 0 Å². The minimum atomic E-state index is -0.657. The third kappa shape index (κ3) is 2.87. The van der Waals surface area contributed by atoms with Crippen LogP contribution in [0, 0.1) is 11.3 Å². The first-order valence-electron chi connectivity index (χ1n) is 5.55. The summed E-state index contributed by atoms with van der Waals surface area (Å²) in [6.07, 6.45) is 4.75. The summed E-state index contributed by atoms with van der Waals surface area (Å²) < 4.78 is 6.17. The number of para-hydroxylation sites is 1. The molecule has 0 radical (unpaired) electrons. The molecule has 0 aliphatic carbocycles. The van der Waals surface area contributed by atoms with Crippen molar-refractivity contribution in [1.29, 1.82) is 5.26 Å². The summed E-state index contributed by atoms with van der Waals surface area (Å²) in [5.41, 5.74) is 1.50. The number of methoxy groups -OCH3 is 1. The highest BCUT2D eigenvalue weighted by molar-refractivity contribution is 5.97. The Balaban J connectivity index is 2.30. The van der Waals surface area contributed by atoms with Gasteiger partial charge in [-0.3, -0.25) is 0 Å². The van der Waals surface area contributed by atoms with E-state index in [2.05, 4.69) is 9.84 Å². The van der Waals surface area contributed by atoms with Gasteiger partial charge in [0.1, 0.15) is 11.6 Å². The van der Waals surface area contributed by atoms with Crippen molar-refractivity contribution >= 4 is 12.0 Å². The van der Waals surface area contributed by atoms with Crippen LogP contribution in [0.1, 0.15) is 5.56 Å². The van der Waals surface area contributed by atoms with Gasteiger partial charge < -0.3 is 4.74 Å². The second-order valence-corrected chi connectivity index (χ2v) is 3.72. The van der Waals surface area contributed by atoms with Gasteiger partial charge in [-0.1, -0.05) is 18.2 Å². The molecule has 0 saturated carbocycles. The zero-order valence-electron chi connectivity index (χ0n) is 10.3. The lowest BCUT2D eigenvalue weighted by molar-refractivity contribution is -0.135. The number of aromatic nitrogens is 2. The number of nitrogens with zero attached hydrogens (tertiary/aromatic N) is 3. The third-order valence-corrected chi connectivity index (χ3v) is 2.46. The van der Waals surface area contributed by atoms with Gasteiger partial charge in [-0.25, -0.2) is 9.48 Å². The van der Waals surface area contributed by atoms with Crippen LogP contribution in [-0.4, -0.2) is 22.9 Å². The van der Waals surface area contributed by atoms with Gasteiger partial charge in [-0.15, -0.1) is 0 Å². The van der Waals surface area contributed by atoms with Crippen molar-refractivity contribution in [1.82, 2.24) is 9.78 Å². The molecule has 19 heavy (non-hydrogen) atoms. The minimum Gasteiger partial charge on any atom is -0.465 e. The van der Waals surface area contributed by atoms with Crippen LogP contribution in [-0.2, 0) is 9.53 Å². The van der Waals surface area contributed by atoms with Crippen LogP contribution >= 0.6 is 0 Å². The summed E-state index contributed by atoms with van der Waals surface area (Å²) in [7, 11) is 1.24. The molecule has 0 spiro atoms. The molecule has 2 rings (SSSR count). The number of hydrogen-bond donors (Lipinski definition) is 0. The maximum atomic E-state index is 11.3. The first-order chi connectivity index (χ1) is 9.24. The maximum absolute atomic E-state index is 11.3. The second kappa shape index (κ2) is 5.65. The average molecular weight is 253 g/mol. The normalized spacial score (nSPS) is 10.8. The number of rotatable bonds is 3. The summed E-state index contributed by atoms with van der Waals surface area (Å²) >= 11 is 0. The number of hydrogen-bond acceptors (Lipinski definition) is 4. The Bertz CT molecular complexity index is 651. The van der Waals surface area contributed by atoms with E-state index >= 15 is 0 Å². The number of esters is 1. The molecular weight excluding hydrogens is 242 g/mol. The van der Waals surface area contributed by atoms with Crippen molar-refractivity contribution in [2.75, 3.05) is 7.11 Å². The Labute approximate surface area is 110 Å². The molecule has 0 atom stereocenters. The fraction of sp³-hybridized carbons (Fsp3) is 0.0714. The molecule has 0 fully saturated rings. The molecule has 0 unspecified atom stereocenters. The minimum absolute atomic E-state index is 0.0601. The molecule has 0 aliphatic heterocycles. The van der Waals surface area contributed by atoms with Gasteiger partial charge in [0.25, 0.3) is 0 Å². The molecule has 5 heteroatoms. The van der Waals surface area contributed by atoms with Crippen molar-refractivity contribution in [2.24, 2.45) is 0 Å². The highest BCUT2D eigenvalue weighted by Crippen LogP contribution is 2.11. The van der Waals surface area contributed by atoms with E-state index in [-0.39, 0.29) is 5.57 Å². The predicted molar refractivity (Wildman–Crippen MR) is 69.2 cm³/mol. The number of carbonyl (C=O) groups is 1. The lowest BCUT2D eigenvalue weighted by Crippen LogP contribution is -2.02. The molecule has 0 N–H and O–H groups in total. The van der Waals surface area contributed by atoms with Crippen molar-refractivity contribution in [3.8, 4) is 11.8 Å². The van der Waals surface area contributed by atoms with Gasteiger partial charge in [0.05, 0.1) is 19.0 Å². The number of benzene rings is 1. The first-order valence-corrected chi connectivity index (χ1v) is 5.55. The van der Waals surface area contributed by atoms with Crippen LogP contribution in [0.3, 0.4) is 0 Å². The molecule has 0 saturated heterocycles. The summed E-state index contributed by atoms with van der Waals surface area (Å²) in [5, 5.41) is 13.0. The molecule has 2 aromatic rings. The van der Waals surface area contributed by atoms with Crippen LogP contribution in [0.2, 0.25) is 0 Å². The highest BCUT2D eigenvalue weighted by atomic mass is 16.5. The van der Waals surface area contributed by atoms with E-state index in [0.29, 0.717) is 5.56 Å². The molecule has 1 aromatic carbocycles. The van der Waals surface area contributed by atoms with Crippen LogP contribution in [0.5, 0.6) is 0 Å². The first kappa shape index (κ1) is 12.6. The number of carbonyl (C=O) groups excluding carboxylic acids is 1. The smallest absolute Gasteiger partial charge is 0.348 e. The lowest BCUT2D eigenvalue weighted by atomic mass is 10.2. The van der Waals surface area contributed by atoms with Gasteiger partial charge in [0, 0.05) is 11.8 Å². The predicted octanol–water partition coefficient (Wildman–Crippen LogP) is 1.95. The molecule has 0 amide bonds. The monoisotopic (exact) mass is 253 g/mol. The quantitative estimate of drug-likeness (QED) is 0.476. The fourth-order valence-corrected chi connectivity index (χ4v) is 1.55. The molecule has 0 bridgehead atoms. The largest absolute Gasteiger partial charge is 0.465 e. The molecule has 1 aromatic heterocycles. The molecular formula is C14H11N3O2. The fourth-order valence-electron chi connectivity index (χ4n) is 1.55. The van der Waals surface area contributed by atoms with Gasteiger partial charge in [-0.05, 0) is 18.2 Å². The Hall–Kier alpha value is -2.87. The van der Waals surface area contributed by atoms with E-state index in [1.54, 1.807) is 23.1 Å². The van der Waals surface area contributed by atoms with E-state index in [9.17, 15) is 4.79 Å². The Morgan fingerprint density at radius 2 is 2.16 bits per heavy atom. The van der Waals surface area contributed by atoms with E-state index in [0.717, 1.165) is 5.69 Å². The SMILES string of the molecule is COC(=O)/C(C#N)=C/c1cnn(-c2ccccc2)c1. The zero-order chi connectivity index (χ0) is 13.7. The molecule has 5 nitrogen and oxygen atoms in total. The summed E-state index contributed by atoms with van der Waals surface area (Å²) in [4.78, 5) is 11.3. The van der Waals surface area contributed by atoms with Crippen molar-refractivity contribution in [2.45, 2.75) is 0 Å². The van der Waals surface area contributed by atoms with Gasteiger partial charge in [0.15, 0.2) is 0 Å².